The quantitative estimate of drug-likeness (QED) is 0.917. The number of nitrogens with one attached hydrogen (secondary N) is 1. The summed E-state index contributed by atoms with van der Waals surface area (Å²) in [5.41, 5.74) is 3.42. The molecule has 1 aliphatic rings. The average molecular weight is 291 g/mol. The largest absolute Gasteiger partial charge is 0.310 e. The summed E-state index contributed by atoms with van der Waals surface area (Å²) in [5.74, 6) is -0.829. The summed E-state index contributed by atoms with van der Waals surface area (Å²) in [4.78, 5) is 0. The molecule has 5 heteroatoms. The van der Waals surface area contributed by atoms with Crippen LogP contribution in [0.5, 0.6) is 0 Å². The smallest absolute Gasteiger partial charge is 0.128 e. The van der Waals surface area contributed by atoms with Crippen molar-refractivity contribution in [3.8, 4) is 0 Å². The van der Waals surface area contributed by atoms with Crippen LogP contribution in [-0.4, -0.2) is 15.8 Å². The zero-order valence-electron chi connectivity index (χ0n) is 12.3. The van der Waals surface area contributed by atoms with E-state index in [1.807, 2.05) is 13.8 Å². The molecule has 1 N–H and O–H groups in total. The van der Waals surface area contributed by atoms with E-state index in [4.69, 9.17) is 0 Å². The van der Waals surface area contributed by atoms with Crippen molar-refractivity contribution >= 4 is 0 Å². The zero-order valence-corrected chi connectivity index (χ0v) is 12.3. The zero-order chi connectivity index (χ0) is 15.0. The van der Waals surface area contributed by atoms with Crippen molar-refractivity contribution < 1.29 is 8.78 Å². The molecule has 0 bridgehead atoms. The molecule has 21 heavy (non-hydrogen) atoms. The second-order valence-corrected chi connectivity index (χ2v) is 5.70. The fourth-order valence-corrected chi connectivity index (χ4v) is 2.50. The van der Waals surface area contributed by atoms with Crippen molar-refractivity contribution in [2.24, 2.45) is 0 Å². The van der Waals surface area contributed by atoms with Crippen LogP contribution in [0.4, 0.5) is 8.78 Å². The molecule has 0 spiro atoms. The van der Waals surface area contributed by atoms with E-state index < -0.39 is 11.6 Å². The third kappa shape index (κ3) is 3.13. The van der Waals surface area contributed by atoms with Crippen LogP contribution in [0.25, 0.3) is 0 Å². The van der Waals surface area contributed by atoms with Gasteiger partial charge in [0.15, 0.2) is 0 Å². The van der Waals surface area contributed by atoms with Crippen molar-refractivity contribution in [3.63, 3.8) is 0 Å². The lowest BCUT2D eigenvalue weighted by Gasteiger charge is -2.07. The highest BCUT2D eigenvalue weighted by Gasteiger charge is 2.22. The molecule has 0 atom stereocenters. The van der Waals surface area contributed by atoms with Gasteiger partial charge in [-0.2, -0.15) is 5.10 Å². The van der Waals surface area contributed by atoms with Gasteiger partial charge in [0, 0.05) is 29.4 Å². The van der Waals surface area contributed by atoms with Crippen LogP contribution in [0, 0.1) is 25.5 Å². The molecule has 0 unspecified atom stereocenters. The molecule has 112 valence electrons. The summed E-state index contributed by atoms with van der Waals surface area (Å²) in [7, 11) is 0. The Labute approximate surface area is 123 Å². The van der Waals surface area contributed by atoms with Gasteiger partial charge in [-0.05, 0) is 44.9 Å². The van der Waals surface area contributed by atoms with E-state index in [2.05, 4.69) is 10.4 Å². The summed E-state index contributed by atoms with van der Waals surface area (Å²) in [6.07, 6.45) is 2.47. The average Bonchev–Trinajstić information content (AvgIpc) is 3.22. The molecular weight excluding hydrogens is 272 g/mol. The van der Waals surface area contributed by atoms with Gasteiger partial charge in [0.2, 0.25) is 0 Å². The van der Waals surface area contributed by atoms with Crippen LogP contribution in [0.2, 0.25) is 0 Å². The van der Waals surface area contributed by atoms with Gasteiger partial charge in [0.05, 0.1) is 12.2 Å². The van der Waals surface area contributed by atoms with Gasteiger partial charge >= 0.3 is 0 Å². The molecule has 1 saturated carbocycles. The standard InChI is InChI=1S/C16H19F2N3/c1-10-15(8-19-14-4-5-14)11(2)21(20-10)9-12-7-13(17)3-6-16(12)18/h3,6-7,14,19H,4-5,8-9H2,1-2H3. The summed E-state index contributed by atoms with van der Waals surface area (Å²) in [6, 6.07) is 4.15. The monoisotopic (exact) mass is 291 g/mol. The third-order valence-corrected chi connectivity index (χ3v) is 4.00. The lowest BCUT2D eigenvalue weighted by Crippen LogP contribution is -2.16. The maximum atomic E-state index is 13.7. The number of aromatic nitrogens is 2. The van der Waals surface area contributed by atoms with Gasteiger partial charge in [-0.25, -0.2) is 8.78 Å². The summed E-state index contributed by atoms with van der Waals surface area (Å²) < 4.78 is 28.7. The molecule has 0 radical (unpaired) electrons. The SMILES string of the molecule is Cc1nn(Cc2cc(F)ccc2F)c(C)c1CNC1CC1. The number of halogens is 2. The molecule has 0 amide bonds. The Kier molecular flexibility index (Phi) is 3.76. The normalized spacial score (nSPS) is 14.7. The molecule has 1 aromatic carbocycles. The highest BCUT2D eigenvalue weighted by atomic mass is 19.1. The van der Waals surface area contributed by atoms with Crippen molar-refractivity contribution in [2.75, 3.05) is 0 Å². The summed E-state index contributed by atoms with van der Waals surface area (Å²) in [5, 5.41) is 7.93. The highest BCUT2D eigenvalue weighted by molar-refractivity contribution is 5.26. The van der Waals surface area contributed by atoms with E-state index in [-0.39, 0.29) is 6.54 Å². The second kappa shape index (κ2) is 5.56. The van der Waals surface area contributed by atoms with Gasteiger partial charge in [0.25, 0.3) is 0 Å². The van der Waals surface area contributed by atoms with E-state index in [1.54, 1.807) is 4.68 Å². The first-order valence-electron chi connectivity index (χ1n) is 7.25. The summed E-state index contributed by atoms with van der Waals surface area (Å²) in [6.45, 7) is 4.96. The minimum absolute atomic E-state index is 0.250. The van der Waals surface area contributed by atoms with E-state index in [9.17, 15) is 8.78 Å². The Morgan fingerprint density at radius 3 is 2.76 bits per heavy atom. The first-order chi connectivity index (χ1) is 10.0. The number of benzene rings is 1. The van der Waals surface area contributed by atoms with Gasteiger partial charge in [0.1, 0.15) is 11.6 Å². The maximum absolute atomic E-state index is 13.7. The van der Waals surface area contributed by atoms with Crippen LogP contribution in [0.1, 0.15) is 35.4 Å². The van der Waals surface area contributed by atoms with Crippen LogP contribution in [0.15, 0.2) is 18.2 Å². The minimum Gasteiger partial charge on any atom is -0.310 e. The molecule has 1 aliphatic carbocycles. The van der Waals surface area contributed by atoms with E-state index in [0.29, 0.717) is 11.6 Å². The van der Waals surface area contributed by atoms with E-state index in [1.165, 1.54) is 18.9 Å². The predicted octanol–water partition coefficient (Wildman–Crippen LogP) is 3.08. The topological polar surface area (TPSA) is 29.9 Å². The number of aryl methyl sites for hydroxylation is 1. The molecule has 3 nitrogen and oxygen atoms in total. The molecule has 1 fully saturated rings. The predicted molar refractivity (Wildman–Crippen MR) is 77.0 cm³/mol. The van der Waals surface area contributed by atoms with E-state index in [0.717, 1.165) is 35.6 Å². The Balaban J connectivity index is 1.81. The number of hydrogen-bond acceptors (Lipinski definition) is 2. The van der Waals surface area contributed by atoms with Gasteiger partial charge in [-0.3, -0.25) is 4.68 Å². The van der Waals surface area contributed by atoms with Crippen LogP contribution >= 0.6 is 0 Å². The molecule has 0 aliphatic heterocycles. The number of rotatable bonds is 5. The van der Waals surface area contributed by atoms with Crippen LogP contribution in [-0.2, 0) is 13.1 Å². The lowest BCUT2D eigenvalue weighted by atomic mass is 10.2. The van der Waals surface area contributed by atoms with E-state index >= 15 is 0 Å². The Morgan fingerprint density at radius 2 is 2.05 bits per heavy atom. The second-order valence-electron chi connectivity index (χ2n) is 5.70. The molecular formula is C16H19F2N3. The van der Waals surface area contributed by atoms with Crippen molar-refractivity contribution in [1.29, 1.82) is 0 Å². The van der Waals surface area contributed by atoms with Crippen molar-refractivity contribution in [2.45, 2.75) is 45.8 Å². The number of hydrogen-bond donors (Lipinski definition) is 1. The first-order valence-corrected chi connectivity index (χ1v) is 7.25. The van der Waals surface area contributed by atoms with Crippen molar-refractivity contribution in [1.82, 2.24) is 15.1 Å². The molecule has 2 aromatic rings. The van der Waals surface area contributed by atoms with Gasteiger partial charge in [-0.1, -0.05) is 0 Å². The fraction of sp³-hybridized carbons (Fsp3) is 0.438. The Bertz CT molecular complexity index is 660. The number of nitrogens with zero attached hydrogens (tertiary/aromatic N) is 2. The van der Waals surface area contributed by atoms with Gasteiger partial charge in [-0.15, -0.1) is 0 Å². The highest BCUT2D eigenvalue weighted by Crippen LogP contribution is 2.21. The maximum Gasteiger partial charge on any atom is 0.128 e. The molecule has 3 rings (SSSR count). The van der Waals surface area contributed by atoms with Gasteiger partial charge < -0.3 is 5.32 Å². The third-order valence-electron chi connectivity index (χ3n) is 4.00. The van der Waals surface area contributed by atoms with Crippen molar-refractivity contribution in [3.05, 3.63) is 52.3 Å². The fourth-order valence-electron chi connectivity index (χ4n) is 2.50. The Hall–Kier alpha value is -1.75. The summed E-state index contributed by atoms with van der Waals surface area (Å²) >= 11 is 0. The molecule has 0 saturated heterocycles. The van der Waals surface area contributed by atoms with Crippen LogP contribution < -0.4 is 5.32 Å². The molecule has 1 heterocycles. The Morgan fingerprint density at radius 1 is 1.29 bits per heavy atom. The minimum atomic E-state index is -0.427. The molecule has 1 aromatic heterocycles. The first kappa shape index (κ1) is 14.2. The lowest BCUT2D eigenvalue weighted by molar-refractivity contribution is 0.561. The van der Waals surface area contributed by atoms with Crippen LogP contribution in [0.3, 0.4) is 0 Å².